The van der Waals surface area contributed by atoms with Crippen LogP contribution in [0.25, 0.3) is 10.8 Å². The van der Waals surface area contributed by atoms with Crippen LogP contribution >= 0.6 is 7.37 Å². The second-order valence-electron chi connectivity index (χ2n) is 4.80. The predicted octanol–water partition coefficient (Wildman–Crippen LogP) is 4.11. The van der Waals surface area contributed by atoms with Crippen molar-refractivity contribution in [2.24, 2.45) is 0 Å². The van der Waals surface area contributed by atoms with Gasteiger partial charge < -0.3 is 4.52 Å². The van der Waals surface area contributed by atoms with Gasteiger partial charge in [0.2, 0.25) is 0 Å². The third-order valence-electron chi connectivity index (χ3n) is 3.49. The Balaban J connectivity index is 2.28. The topological polar surface area (TPSA) is 26.3 Å². The summed E-state index contributed by atoms with van der Waals surface area (Å²) < 4.78 is 19.4. The summed E-state index contributed by atoms with van der Waals surface area (Å²) in [4.78, 5) is 0. The lowest BCUT2D eigenvalue weighted by Crippen LogP contribution is -2.19. The number of rotatable bonds is 4. The normalized spacial score (nSPS) is 14.0. The van der Waals surface area contributed by atoms with Crippen LogP contribution in [-0.4, -0.2) is 6.61 Å². The maximum absolute atomic E-state index is 13.6. The van der Waals surface area contributed by atoms with Gasteiger partial charge in [-0.1, -0.05) is 54.6 Å². The van der Waals surface area contributed by atoms with Crippen LogP contribution < -0.4 is 10.6 Å². The molecule has 0 fully saturated rings. The summed E-state index contributed by atoms with van der Waals surface area (Å²) in [6.07, 6.45) is 0. The summed E-state index contributed by atoms with van der Waals surface area (Å²) in [5, 5.41) is 3.57. The minimum Gasteiger partial charge on any atom is -0.322 e. The molecule has 2 nitrogen and oxygen atoms in total. The number of fused-ring (bicyclic) bond motifs is 1. The molecule has 0 aliphatic heterocycles. The minimum atomic E-state index is -3.07. The monoisotopic (exact) mass is 296 g/mol. The third-order valence-corrected chi connectivity index (χ3v) is 6.11. The van der Waals surface area contributed by atoms with Gasteiger partial charge in [0.25, 0.3) is 7.37 Å². The van der Waals surface area contributed by atoms with Gasteiger partial charge in [-0.05, 0) is 35.9 Å². The van der Waals surface area contributed by atoms with Gasteiger partial charge in [0.15, 0.2) is 0 Å². The largest absolute Gasteiger partial charge is 0.322 e. The number of hydrogen-bond acceptors (Lipinski definition) is 2. The van der Waals surface area contributed by atoms with Crippen LogP contribution in [0.1, 0.15) is 6.92 Å². The van der Waals surface area contributed by atoms with Crippen LogP contribution in [0.15, 0.2) is 72.8 Å². The van der Waals surface area contributed by atoms with E-state index in [0.717, 1.165) is 21.4 Å². The molecule has 0 saturated carbocycles. The van der Waals surface area contributed by atoms with E-state index in [1.165, 1.54) is 0 Å². The molecule has 0 bridgehead atoms. The summed E-state index contributed by atoms with van der Waals surface area (Å²) in [6, 6.07) is 23.3. The highest BCUT2D eigenvalue weighted by Crippen LogP contribution is 2.46. The van der Waals surface area contributed by atoms with Crippen molar-refractivity contribution in [3.8, 4) is 0 Å². The van der Waals surface area contributed by atoms with Crippen LogP contribution in [0.3, 0.4) is 0 Å². The summed E-state index contributed by atoms with van der Waals surface area (Å²) in [5.41, 5.74) is 0. The van der Waals surface area contributed by atoms with Crippen molar-refractivity contribution in [2.45, 2.75) is 6.92 Å². The Morgan fingerprint density at radius 2 is 1.52 bits per heavy atom. The Hall–Kier alpha value is -1.89. The average Bonchev–Trinajstić information content (AvgIpc) is 2.55. The van der Waals surface area contributed by atoms with Gasteiger partial charge >= 0.3 is 0 Å². The molecule has 0 spiro atoms. The number of hydrogen-bond donors (Lipinski definition) is 0. The molecule has 0 amide bonds. The van der Waals surface area contributed by atoms with Crippen molar-refractivity contribution in [3.63, 3.8) is 0 Å². The first-order valence-corrected chi connectivity index (χ1v) is 8.66. The molecule has 1 atom stereocenters. The van der Waals surface area contributed by atoms with E-state index in [9.17, 15) is 4.57 Å². The molecular weight excluding hydrogens is 279 g/mol. The van der Waals surface area contributed by atoms with Gasteiger partial charge in [0, 0.05) is 10.6 Å². The first-order valence-electron chi connectivity index (χ1n) is 7.04. The van der Waals surface area contributed by atoms with E-state index in [0.29, 0.717) is 6.61 Å². The SMILES string of the molecule is CCOP(=O)(c1ccccc1)c1cccc2ccccc12. The molecule has 0 radical (unpaired) electrons. The molecule has 0 heterocycles. The second kappa shape index (κ2) is 5.85. The molecule has 3 aromatic rings. The fourth-order valence-electron chi connectivity index (χ4n) is 2.55. The Morgan fingerprint density at radius 1 is 0.857 bits per heavy atom. The van der Waals surface area contributed by atoms with E-state index < -0.39 is 7.37 Å². The van der Waals surface area contributed by atoms with Crippen LogP contribution in [0.4, 0.5) is 0 Å². The highest BCUT2D eigenvalue weighted by Gasteiger charge is 2.29. The summed E-state index contributed by atoms with van der Waals surface area (Å²) in [7, 11) is -3.07. The van der Waals surface area contributed by atoms with Gasteiger partial charge in [-0.15, -0.1) is 0 Å². The van der Waals surface area contributed by atoms with Crippen molar-refractivity contribution >= 4 is 28.8 Å². The molecule has 0 aliphatic carbocycles. The van der Waals surface area contributed by atoms with Crippen LogP contribution in [-0.2, 0) is 9.09 Å². The van der Waals surface area contributed by atoms with E-state index in [1.807, 2.05) is 79.7 Å². The van der Waals surface area contributed by atoms with Crippen molar-refractivity contribution in [2.75, 3.05) is 6.61 Å². The Labute approximate surface area is 124 Å². The Kier molecular flexibility index (Phi) is 3.92. The first kappa shape index (κ1) is 14.1. The quantitative estimate of drug-likeness (QED) is 0.677. The van der Waals surface area contributed by atoms with Gasteiger partial charge in [-0.25, -0.2) is 0 Å². The zero-order valence-corrected chi connectivity index (χ0v) is 12.8. The van der Waals surface area contributed by atoms with Gasteiger partial charge in [0.1, 0.15) is 0 Å². The zero-order chi connectivity index (χ0) is 14.7. The minimum absolute atomic E-state index is 0.412. The van der Waals surface area contributed by atoms with Gasteiger partial charge in [0.05, 0.1) is 6.61 Å². The second-order valence-corrected chi connectivity index (χ2v) is 7.16. The summed E-state index contributed by atoms with van der Waals surface area (Å²) in [6.45, 7) is 2.29. The Morgan fingerprint density at radius 3 is 2.29 bits per heavy atom. The maximum Gasteiger partial charge on any atom is 0.261 e. The zero-order valence-electron chi connectivity index (χ0n) is 11.9. The molecule has 0 saturated heterocycles. The highest BCUT2D eigenvalue weighted by atomic mass is 31.2. The van der Waals surface area contributed by atoms with Gasteiger partial charge in [-0.2, -0.15) is 0 Å². The standard InChI is InChI=1S/C18H17O2P/c1-2-20-21(19,16-11-4-3-5-12-16)18-14-8-10-15-9-6-7-13-17(15)18/h3-14H,2H2,1H3. The van der Waals surface area contributed by atoms with Crippen molar-refractivity contribution in [1.29, 1.82) is 0 Å². The van der Waals surface area contributed by atoms with Crippen molar-refractivity contribution < 1.29 is 9.09 Å². The molecule has 0 aliphatic rings. The smallest absolute Gasteiger partial charge is 0.261 e. The first-order chi connectivity index (χ1) is 10.3. The van der Waals surface area contributed by atoms with Crippen LogP contribution in [0.5, 0.6) is 0 Å². The molecule has 21 heavy (non-hydrogen) atoms. The summed E-state index contributed by atoms with van der Waals surface area (Å²) in [5.74, 6) is 0. The van der Waals surface area contributed by atoms with Crippen molar-refractivity contribution in [3.05, 3.63) is 72.8 Å². The van der Waals surface area contributed by atoms with Crippen LogP contribution in [0.2, 0.25) is 0 Å². The molecule has 0 aromatic heterocycles. The molecule has 3 aromatic carbocycles. The molecular formula is C18H17O2P. The lowest BCUT2D eigenvalue weighted by molar-refractivity contribution is 0.348. The van der Waals surface area contributed by atoms with E-state index in [-0.39, 0.29) is 0 Å². The lowest BCUT2D eigenvalue weighted by Gasteiger charge is -2.20. The molecule has 1 unspecified atom stereocenters. The Bertz CT molecular complexity index is 791. The van der Waals surface area contributed by atoms with Crippen LogP contribution in [0, 0.1) is 0 Å². The lowest BCUT2D eigenvalue weighted by atomic mass is 10.1. The predicted molar refractivity (Wildman–Crippen MR) is 88.9 cm³/mol. The van der Waals surface area contributed by atoms with E-state index >= 15 is 0 Å². The van der Waals surface area contributed by atoms with E-state index in [4.69, 9.17) is 4.52 Å². The molecule has 106 valence electrons. The molecule has 3 heteroatoms. The van der Waals surface area contributed by atoms with Gasteiger partial charge in [-0.3, -0.25) is 4.57 Å². The van der Waals surface area contributed by atoms with E-state index in [2.05, 4.69) is 0 Å². The van der Waals surface area contributed by atoms with Crippen molar-refractivity contribution in [1.82, 2.24) is 0 Å². The summed E-state index contributed by atoms with van der Waals surface area (Å²) >= 11 is 0. The highest BCUT2D eigenvalue weighted by molar-refractivity contribution is 7.74. The number of benzene rings is 3. The fourth-order valence-corrected chi connectivity index (χ4v) is 4.85. The molecule has 0 N–H and O–H groups in total. The third kappa shape index (κ3) is 2.53. The maximum atomic E-state index is 13.6. The van der Waals surface area contributed by atoms with E-state index in [1.54, 1.807) is 0 Å². The molecule has 3 rings (SSSR count). The average molecular weight is 296 g/mol. The fraction of sp³-hybridized carbons (Fsp3) is 0.111.